The Hall–Kier alpha value is -4.36. The van der Waals surface area contributed by atoms with Gasteiger partial charge < -0.3 is 47.7 Å². The Morgan fingerprint density at radius 2 is 1.62 bits per heavy atom. The number of carbonyl (C=O) groups excluding carboxylic acids is 4. The van der Waals surface area contributed by atoms with E-state index in [1.807, 2.05) is 0 Å². The molecule has 13 nitrogen and oxygen atoms in total. The molecule has 4 amide bonds. The molecule has 214 valence electrons. The fourth-order valence-corrected chi connectivity index (χ4v) is 4.64. The first kappa shape index (κ1) is 28.6. The molecule has 0 spiro atoms. The average Bonchev–Trinajstić information content (AvgIpc) is 3.35. The predicted molar refractivity (Wildman–Crippen MR) is 144 cm³/mol. The molecule has 13 heteroatoms. The maximum atomic E-state index is 13.4. The summed E-state index contributed by atoms with van der Waals surface area (Å²) < 4.78 is 5.06. The minimum atomic E-state index is -1.15. The standard InChI is InChI=1S/C27H34N6O7/c28-7-1-2-20-26(38)33-21(25(37)30-12-18-13-31-27(39)40-18)11-17-9-15(4-6-23(17)35)14-3-5-22(34)16(8-14)10-19(29)24(36)32-20/h3-6,8-9,18-21,34-35H,1-2,7,10-13,28-29H2,(H,30,37)(H,31,39)(H,32,36)(H,33,38)/t18?,19-,20-,21?/m0/s1. The number of hydrogen-bond donors (Lipinski definition) is 8. The van der Waals surface area contributed by atoms with E-state index in [0.717, 1.165) is 0 Å². The lowest BCUT2D eigenvalue weighted by Crippen LogP contribution is -2.57. The van der Waals surface area contributed by atoms with Crippen LogP contribution in [0.4, 0.5) is 4.79 Å². The number of hydrogen-bond acceptors (Lipinski definition) is 9. The fourth-order valence-electron chi connectivity index (χ4n) is 4.64. The van der Waals surface area contributed by atoms with Crippen molar-refractivity contribution in [3.63, 3.8) is 0 Å². The number of fused-ring (bicyclic) bond motifs is 5. The molecule has 0 saturated carbocycles. The van der Waals surface area contributed by atoms with Gasteiger partial charge in [-0.1, -0.05) is 12.1 Å². The number of phenolic OH excluding ortho intramolecular Hbond substituents is 2. The van der Waals surface area contributed by atoms with Crippen molar-refractivity contribution in [3.8, 4) is 22.6 Å². The van der Waals surface area contributed by atoms with Gasteiger partial charge in [-0.3, -0.25) is 14.4 Å². The monoisotopic (exact) mass is 554 g/mol. The summed E-state index contributed by atoms with van der Waals surface area (Å²) in [6.45, 7) is 0.501. The van der Waals surface area contributed by atoms with Crippen LogP contribution < -0.4 is 32.7 Å². The van der Waals surface area contributed by atoms with Gasteiger partial charge in [0.25, 0.3) is 0 Å². The Balaban J connectivity index is 1.69. The van der Waals surface area contributed by atoms with Gasteiger partial charge in [0.15, 0.2) is 0 Å². The minimum Gasteiger partial charge on any atom is -0.508 e. The van der Waals surface area contributed by atoms with Crippen LogP contribution in [0.15, 0.2) is 36.4 Å². The van der Waals surface area contributed by atoms with E-state index >= 15 is 0 Å². The van der Waals surface area contributed by atoms with Crippen LogP contribution in [0.3, 0.4) is 0 Å². The van der Waals surface area contributed by atoms with Gasteiger partial charge in [-0.25, -0.2) is 4.79 Å². The van der Waals surface area contributed by atoms with Crippen LogP contribution in [0.25, 0.3) is 11.1 Å². The number of phenols is 2. The molecular weight excluding hydrogens is 520 g/mol. The lowest BCUT2D eigenvalue weighted by atomic mass is 9.95. The summed E-state index contributed by atoms with van der Waals surface area (Å²) in [5.41, 5.74) is 14.0. The number of amides is 4. The Labute approximate surface area is 230 Å². The number of aromatic hydroxyl groups is 2. The van der Waals surface area contributed by atoms with Crippen LogP contribution in [0.2, 0.25) is 0 Å². The van der Waals surface area contributed by atoms with Crippen LogP contribution in [0, 0.1) is 0 Å². The molecule has 2 unspecified atom stereocenters. The van der Waals surface area contributed by atoms with E-state index in [2.05, 4.69) is 21.3 Å². The van der Waals surface area contributed by atoms with Crippen molar-refractivity contribution in [2.75, 3.05) is 19.6 Å². The van der Waals surface area contributed by atoms with E-state index in [1.54, 1.807) is 24.3 Å². The number of nitrogens with one attached hydrogen (secondary N) is 4. The van der Waals surface area contributed by atoms with Crippen molar-refractivity contribution in [1.29, 1.82) is 0 Å². The third kappa shape index (κ3) is 6.98. The molecule has 4 rings (SSSR count). The number of benzene rings is 2. The summed E-state index contributed by atoms with van der Waals surface area (Å²) in [4.78, 5) is 51.0. The first-order chi connectivity index (χ1) is 19.1. The van der Waals surface area contributed by atoms with Gasteiger partial charge in [-0.05, 0) is 65.9 Å². The summed E-state index contributed by atoms with van der Waals surface area (Å²) in [5, 5.41) is 31.6. The number of ether oxygens (including phenoxy) is 1. The Bertz CT molecular complexity index is 1290. The second kappa shape index (κ2) is 12.7. The highest BCUT2D eigenvalue weighted by Crippen LogP contribution is 2.30. The first-order valence-electron chi connectivity index (χ1n) is 13.1. The van der Waals surface area contributed by atoms with Crippen molar-refractivity contribution in [1.82, 2.24) is 21.3 Å². The SMILES string of the molecule is NCCC[C@@H]1NC(=O)[C@@H](N)Cc2cc(ccc2O)-c2ccc(O)c(c2)CC(C(=O)NCC2CNC(=O)O2)NC1=O. The highest BCUT2D eigenvalue weighted by Gasteiger charge is 2.30. The van der Waals surface area contributed by atoms with Gasteiger partial charge in [0.05, 0.1) is 19.1 Å². The molecule has 2 aliphatic heterocycles. The summed E-state index contributed by atoms with van der Waals surface area (Å²) in [6.07, 6.45) is -0.628. The lowest BCUT2D eigenvalue weighted by Gasteiger charge is -2.25. The van der Waals surface area contributed by atoms with Gasteiger partial charge in [-0.2, -0.15) is 0 Å². The van der Waals surface area contributed by atoms with Gasteiger partial charge in [0.1, 0.15) is 29.7 Å². The maximum Gasteiger partial charge on any atom is 0.407 e. The third-order valence-corrected chi connectivity index (χ3v) is 6.91. The lowest BCUT2D eigenvalue weighted by molar-refractivity contribution is -0.132. The molecule has 1 saturated heterocycles. The largest absolute Gasteiger partial charge is 0.508 e. The average molecular weight is 555 g/mol. The highest BCUT2D eigenvalue weighted by molar-refractivity contribution is 5.93. The van der Waals surface area contributed by atoms with Crippen LogP contribution >= 0.6 is 0 Å². The second-order valence-corrected chi connectivity index (χ2v) is 9.91. The smallest absolute Gasteiger partial charge is 0.407 e. The molecule has 0 aliphatic carbocycles. The number of cyclic esters (lactones) is 1. The highest BCUT2D eigenvalue weighted by atomic mass is 16.6. The molecule has 4 atom stereocenters. The first-order valence-corrected chi connectivity index (χ1v) is 13.1. The molecule has 0 aromatic heterocycles. The molecule has 1 fully saturated rings. The van der Waals surface area contributed by atoms with Crippen molar-refractivity contribution in [2.24, 2.45) is 11.5 Å². The van der Waals surface area contributed by atoms with Crippen LogP contribution in [-0.2, 0) is 32.0 Å². The molecule has 40 heavy (non-hydrogen) atoms. The van der Waals surface area contributed by atoms with Crippen molar-refractivity contribution in [2.45, 2.75) is 49.9 Å². The molecule has 2 aromatic rings. The Kier molecular flexibility index (Phi) is 9.07. The second-order valence-electron chi connectivity index (χ2n) is 9.91. The van der Waals surface area contributed by atoms with Gasteiger partial charge in [-0.15, -0.1) is 0 Å². The third-order valence-electron chi connectivity index (χ3n) is 6.91. The summed E-state index contributed by atoms with van der Waals surface area (Å²) >= 11 is 0. The normalized spacial score (nSPS) is 23.1. The van der Waals surface area contributed by atoms with E-state index in [4.69, 9.17) is 16.2 Å². The Morgan fingerprint density at radius 1 is 0.975 bits per heavy atom. The minimum absolute atomic E-state index is 0.00725. The molecule has 10 N–H and O–H groups in total. The fraction of sp³-hybridized carbons (Fsp3) is 0.407. The van der Waals surface area contributed by atoms with Crippen molar-refractivity contribution in [3.05, 3.63) is 47.5 Å². The molecule has 2 aliphatic rings. The quantitative estimate of drug-likeness (QED) is 0.222. The van der Waals surface area contributed by atoms with Crippen LogP contribution in [-0.4, -0.2) is 77.9 Å². The number of nitrogens with two attached hydrogens (primary N) is 2. The number of alkyl carbamates (subject to hydrolysis) is 1. The van der Waals surface area contributed by atoms with E-state index in [0.29, 0.717) is 28.7 Å². The Morgan fingerprint density at radius 3 is 2.23 bits per heavy atom. The molecule has 0 radical (unpaired) electrons. The van der Waals surface area contributed by atoms with Crippen LogP contribution in [0.1, 0.15) is 24.0 Å². The van der Waals surface area contributed by atoms with Crippen LogP contribution in [0.5, 0.6) is 11.5 Å². The molecule has 2 aromatic carbocycles. The van der Waals surface area contributed by atoms with E-state index in [-0.39, 0.29) is 50.4 Å². The summed E-state index contributed by atoms with van der Waals surface area (Å²) in [7, 11) is 0. The van der Waals surface area contributed by atoms with Crippen molar-refractivity contribution < 1.29 is 34.1 Å². The molecular formula is C27H34N6O7. The predicted octanol–water partition coefficient (Wildman–Crippen LogP) is -0.876. The van der Waals surface area contributed by atoms with E-state index in [9.17, 15) is 29.4 Å². The summed E-state index contributed by atoms with van der Waals surface area (Å²) in [5.74, 6) is -1.92. The van der Waals surface area contributed by atoms with Gasteiger partial charge >= 0.3 is 6.09 Å². The van der Waals surface area contributed by atoms with E-state index in [1.165, 1.54) is 12.1 Å². The number of carbonyl (C=O) groups is 4. The molecule has 4 bridgehead atoms. The zero-order chi connectivity index (χ0) is 28.8. The molecule has 2 heterocycles. The van der Waals surface area contributed by atoms with Gasteiger partial charge in [0.2, 0.25) is 17.7 Å². The topological polar surface area (TPSA) is 218 Å². The van der Waals surface area contributed by atoms with E-state index < -0.39 is 48.0 Å². The maximum absolute atomic E-state index is 13.4. The zero-order valence-corrected chi connectivity index (χ0v) is 21.8. The summed E-state index contributed by atoms with van der Waals surface area (Å²) in [6, 6.07) is 6.47. The number of rotatable bonds is 6. The van der Waals surface area contributed by atoms with Crippen molar-refractivity contribution >= 4 is 23.8 Å². The zero-order valence-electron chi connectivity index (χ0n) is 21.8. The van der Waals surface area contributed by atoms with Gasteiger partial charge in [0, 0.05) is 12.8 Å².